The van der Waals surface area contributed by atoms with Crippen LogP contribution in [0.2, 0.25) is 0 Å². The molecule has 0 aliphatic carbocycles. The number of halogens is 1. The quantitative estimate of drug-likeness (QED) is 0.790. The fraction of sp³-hybridized carbons (Fsp3) is 0.500. The van der Waals surface area contributed by atoms with Crippen molar-refractivity contribution >= 4 is 27.6 Å². The molecule has 0 saturated carbocycles. The van der Waals surface area contributed by atoms with Gasteiger partial charge in [-0.3, -0.25) is 9.59 Å². The largest absolute Gasteiger partial charge is 0.451 e. The number of amides is 1. The molecule has 1 aromatic carbocycles. The first-order valence-corrected chi connectivity index (χ1v) is 9.68. The van der Waals surface area contributed by atoms with Crippen molar-refractivity contribution in [2.45, 2.75) is 38.8 Å². The Morgan fingerprint density at radius 2 is 2.08 bits per heavy atom. The van der Waals surface area contributed by atoms with E-state index >= 15 is 0 Å². The molecule has 0 aromatic heterocycles. The van der Waals surface area contributed by atoms with E-state index < -0.39 is 39.9 Å². The molecule has 1 heterocycles. The zero-order valence-corrected chi connectivity index (χ0v) is 15.1. The second kappa shape index (κ2) is 7.49. The summed E-state index contributed by atoms with van der Waals surface area (Å²) in [6.07, 6.45) is 0.791. The van der Waals surface area contributed by atoms with Crippen molar-refractivity contribution < 1.29 is 27.1 Å². The summed E-state index contributed by atoms with van der Waals surface area (Å²) in [6.45, 7) is 3.22. The molecule has 2 atom stereocenters. The number of nitrogens with one attached hydrogen (secondary N) is 1. The average Bonchev–Trinajstić information content (AvgIpc) is 3.00. The average molecular weight is 372 g/mol. The normalized spacial score (nSPS) is 19.4. The van der Waals surface area contributed by atoms with Gasteiger partial charge in [0.05, 0.1) is 6.26 Å². The van der Waals surface area contributed by atoms with Crippen molar-refractivity contribution in [2.24, 2.45) is 0 Å². The Hall–Kier alpha value is -2.00. The van der Waals surface area contributed by atoms with Gasteiger partial charge in [-0.25, -0.2) is 12.8 Å². The zero-order chi connectivity index (χ0) is 18.8. The van der Waals surface area contributed by atoms with Crippen molar-refractivity contribution in [1.82, 2.24) is 4.31 Å². The summed E-state index contributed by atoms with van der Waals surface area (Å²) in [5, 5.41) is 2.46. The van der Waals surface area contributed by atoms with Crippen molar-refractivity contribution in [3.05, 3.63) is 29.6 Å². The number of nitrogens with zero attached hydrogens (tertiary/aromatic N) is 1. The van der Waals surface area contributed by atoms with Gasteiger partial charge in [-0.15, -0.1) is 0 Å². The predicted molar refractivity (Wildman–Crippen MR) is 89.9 cm³/mol. The van der Waals surface area contributed by atoms with E-state index in [1.807, 2.05) is 0 Å². The lowest BCUT2D eigenvalue weighted by Crippen LogP contribution is -2.43. The summed E-state index contributed by atoms with van der Waals surface area (Å²) in [5.74, 6) is -1.85. The monoisotopic (exact) mass is 372 g/mol. The molecule has 7 nitrogen and oxygen atoms in total. The Balaban J connectivity index is 1.98. The summed E-state index contributed by atoms with van der Waals surface area (Å²) in [7, 11) is -3.52. The third kappa shape index (κ3) is 4.76. The van der Waals surface area contributed by atoms with Crippen molar-refractivity contribution in [1.29, 1.82) is 0 Å². The van der Waals surface area contributed by atoms with E-state index in [4.69, 9.17) is 4.74 Å². The first-order valence-electron chi connectivity index (χ1n) is 7.84. The fourth-order valence-electron chi connectivity index (χ4n) is 2.59. The van der Waals surface area contributed by atoms with E-state index in [2.05, 4.69) is 5.32 Å². The molecular weight excluding hydrogens is 351 g/mol. The molecule has 1 N–H and O–H groups in total. The first-order chi connectivity index (χ1) is 11.6. The fourth-order valence-corrected chi connectivity index (χ4v) is 3.71. The highest BCUT2D eigenvalue weighted by Crippen LogP contribution is 2.22. The first kappa shape index (κ1) is 19.3. The molecule has 1 saturated heterocycles. The van der Waals surface area contributed by atoms with Crippen LogP contribution >= 0.6 is 0 Å². The van der Waals surface area contributed by atoms with Gasteiger partial charge in [-0.2, -0.15) is 4.31 Å². The number of benzene rings is 1. The van der Waals surface area contributed by atoms with Gasteiger partial charge < -0.3 is 10.1 Å². The molecule has 2 rings (SSSR count). The Kier molecular flexibility index (Phi) is 5.79. The van der Waals surface area contributed by atoms with Gasteiger partial charge in [0.1, 0.15) is 11.9 Å². The van der Waals surface area contributed by atoms with Gasteiger partial charge in [0.2, 0.25) is 10.0 Å². The Morgan fingerprint density at radius 1 is 1.40 bits per heavy atom. The van der Waals surface area contributed by atoms with Gasteiger partial charge in [0, 0.05) is 12.2 Å². The number of ether oxygens (including phenoxy) is 1. The molecule has 1 amide bonds. The van der Waals surface area contributed by atoms with E-state index in [-0.39, 0.29) is 12.2 Å². The molecule has 138 valence electrons. The SMILES string of the molecule is Cc1ccc(NC(=O)[C@@H](C)OC(=O)[C@H]2CCCN2S(C)(=O)=O)cc1F. The summed E-state index contributed by atoms with van der Waals surface area (Å²) in [6, 6.07) is 3.31. The topological polar surface area (TPSA) is 92.8 Å². The van der Waals surface area contributed by atoms with Crippen LogP contribution in [0.5, 0.6) is 0 Å². The van der Waals surface area contributed by atoms with Crippen LogP contribution in [0.15, 0.2) is 18.2 Å². The Bertz CT molecular complexity index is 781. The molecule has 0 radical (unpaired) electrons. The molecule has 9 heteroatoms. The maximum Gasteiger partial charge on any atom is 0.325 e. The molecule has 25 heavy (non-hydrogen) atoms. The van der Waals surface area contributed by atoms with Gasteiger partial charge >= 0.3 is 5.97 Å². The minimum absolute atomic E-state index is 0.245. The van der Waals surface area contributed by atoms with E-state index in [1.54, 1.807) is 6.92 Å². The third-order valence-corrected chi connectivity index (χ3v) is 5.29. The Labute approximate surface area is 146 Å². The molecule has 0 spiro atoms. The van der Waals surface area contributed by atoms with Crippen LogP contribution in [0.3, 0.4) is 0 Å². The van der Waals surface area contributed by atoms with Crippen LogP contribution < -0.4 is 5.32 Å². The smallest absolute Gasteiger partial charge is 0.325 e. The van der Waals surface area contributed by atoms with E-state index in [0.717, 1.165) is 10.6 Å². The molecule has 0 bridgehead atoms. The van der Waals surface area contributed by atoms with E-state index in [1.165, 1.54) is 25.1 Å². The molecule has 1 aliphatic rings. The molecule has 0 unspecified atom stereocenters. The summed E-state index contributed by atoms with van der Waals surface area (Å²) >= 11 is 0. The van der Waals surface area contributed by atoms with Crippen molar-refractivity contribution in [2.75, 3.05) is 18.1 Å². The number of aryl methyl sites for hydroxylation is 1. The minimum Gasteiger partial charge on any atom is -0.451 e. The number of esters is 1. The maximum atomic E-state index is 13.5. The second-order valence-corrected chi connectivity index (χ2v) is 8.00. The van der Waals surface area contributed by atoms with Crippen LogP contribution in [0, 0.1) is 12.7 Å². The van der Waals surface area contributed by atoms with Crippen molar-refractivity contribution in [3.63, 3.8) is 0 Å². The Morgan fingerprint density at radius 3 is 2.68 bits per heavy atom. The zero-order valence-electron chi connectivity index (χ0n) is 14.3. The number of carbonyl (C=O) groups excluding carboxylic acids is 2. The van der Waals surface area contributed by atoms with Gasteiger partial charge in [-0.1, -0.05) is 6.07 Å². The third-order valence-electron chi connectivity index (χ3n) is 4.00. The number of hydrogen-bond acceptors (Lipinski definition) is 5. The number of carbonyl (C=O) groups is 2. The predicted octanol–water partition coefficient (Wildman–Crippen LogP) is 1.43. The van der Waals surface area contributed by atoms with E-state index in [9.17, 15) is 22.4 Å². The van der Waals surface area contributed by atoms with Crippen LogP contribution in [0.4, 0.5) is 10.1 Å². The van der Waals surface area contributed by atoms with Crippen LogP contribution in [0.25, 0.3) is 0 Å². The lowest BCUT2D eigenvalue weighted by molar-refractivity contribution is -0.156. The van der Waals surface area contributed by atoms with Crippen LogP contribution in [0.1, 0.15) is 25.3 Å². The van der Waals surface area contributed by atoms with Gasteiger partial charge in [-0.05, 0) is 44.4 Å². The van der Waals surface area contributed by atoms with Gasteiger partial charge in [0.15, 0.2) is 6.10 Å². The second-order valence-electron chi connectivity index (χ2n) is 6.06. The number of hydrogen-bond donors (Lipinski definition) is 1. The molecule has 1 aromatic rings. The summed E-state index contributed by atoms with van der Waals surface area (Å²) in [5.41, 5.74) is 0.689. The highest BCUT2D eigenvalue weighted by atomic mass is 32.2. The summed E-state index contributed by atoms with van der Waals surface area (Å²) < 4.78 is 43.0. The van der Waals surface area contributed by atoms with Gasteiger partial charge in [0.25, 0.3) is 5.91 Å². The molecule has 1 aliphatic heterocycles. The van der Waals surface area contributed by atoms with Crippen molar-refractivity contribution in [3.8, 4) is 0 Å². The minimum atomic E-state index is -3.52. The lowest BCUT2D eigenvalue weighted by Gasteiger charge is -2.22. The summed E-state index contributed by atoms with van der Waals surface area (Å²) in [4.78, 5) is 24.3. The molecular formula is C16H21FN2O5S. The van der Waals surface area contributed by atoms with Crippen LogP contribution in [-0.2, 0) is 24.3 Å². The van der Waals surface area contributed by atoms with E-state index in [0.29, 0.717) is 18.4 Å². The standard InChI is InChI=1S/C16H21FN2O5S/c1-10-6-7-12(9-13(10)17)18-15(20)11(2)24-16(21)14-5-4-8-19(14)25(3,22)23/h6-7,9,11,14H,4-5,8H2,1-3H3,(H,18,20)/t11-,14-/m1/s1. The number of anilines is 1. The highest BCUT2D eigenvalue weighted by Gasteiger charge is 2.38. The number of rotatable bonds is 5. The van der Waals surface area contributed by atoms with Crippen LogP contribution in [-0.4, -0.2) is 49.5 Å². The highest BCUT2D eigenvalue weighted by molar-refractivity contribution is 7.88. The molecule has 1 fully saturated rings. The maximum absolute atomic E-state index is 13.5. The lowest BCUT2D eigenvalue weighted by atomic mass is 10.2. The number of sulfonamides is 1.